The van der Waals surface area contributed by atoms with Crippen molar-refractivity contribution in [3.05, 3.63) is 194 Å². The van der Waals surface area contributed by atoms with E-state index in [1.807, 2.05) is 24.3 Å². The van der Waals surface area contributed by atoms with Crippen molar-refractivity contribution in [3.63, 3.8) is 0 Å². The van der Waals surface area contributed by atoms with E-state index in [0.29, 0.717) is 0 Å². The third kappa shape index (κ3) is 4.69. The minimum Gasteiger partial charge on any atom is -0.456 e. The second-order valence-electron chi connectivity index (χ2n) is 14.8. The summed E-state index contributed by atoms with van der Waals surface area (Å²) in [6.07, 6.45) is 0. The van der Waals surface area contributed by atoms with Crippen LogP contribution in [0.4, 0.5) is 0 Å². The summed E-state index contributed by atoms with van der Waals surface area (Å²) in [6, 6.07) is 70.1. The normalized spacial score (nSPS) is 11.9. The van der Waals surface area contributed by atoms with Gasteiger partial charge in [0.05, 0.1) is 0 Å². The van der Waals surface area contributed by atoms with Crippen LogP contribution in [0.1, 0.15) is 0 Å². The first kappa shape index (κ1) is 31.0. The third-order valence-corrected chi connectivity index (χ3v) is 11.7. The monoisotopic (exact) mass is 712 g/mol. The Morgan fingerprint density at radius 3 is 1.27 bits per heavy atom. The maximum Gasteiger partial charge on any atom is 0.136 e. The molecule has 0 unspecified atom stereocenters. The Morgan fingerprint density at radius 2 is 0.696 bits per heavy atom. The number of fused-ring (bicyclic) bond motifs is 9. The number of rotatable bonds is 4. The summed E-state index contributed by atoms with van der Waals surface area (Å²) in [5, 5.41) is 11.8. The molecule has 2 heterocycles. The molecule has 0 spiro atoms. The first-order chi connectivity index (χ1) is 27.7. The first-order valence-electron chi connectivity index (χ1n) is 19.2. The van der Waals surface area contributed by atoms with E-state index in [4.69, 9.17) is 8.83 Å². The molecule has 0 aliphatic heterocycles. The zero-order chi connectivity index (χ0) is 36.7. The van der Waals surface area contributed by atoms with E-state index in [9.17, 15) is 0 Å². The van der Waals surface area contributed by atoms with Crippen molar-refractivity contribution in [2.24, 2.45) is 0 Å². The highest BCUT2D eigenvalue weighted by Crippen LogP contribution is 2.47. The van der Waals surface area contributed by atoms with Crippen molar-refractivity contribution < 1.29 is 8.83 Å². The van der Waals surface area contributed by atoms with Gasteiger partial charge in [0.1, 0.15) is 22.3 Å². The molecule has 10 aromatic carbocycles. The van der Waals surface area contributed by atoms with Gasteiger partial charge in [0.2, 0.25) is 0 Å². The van der Waals surface area contributed by atoms with E-state index in [1.54, 1.807) is 0 Å². The van der Waals surface area contributed by atoms with Crippen LogP contribution in [0, 0.1) is 0 Å². The third-order valence-electron chi connectivity index (χ3n) is 11.7. The molecule has 0 amide bonds. The topological polar surface area (TPSA) is 26.3 Å². The summed E-state index contributed by atoms with van der Waals surface area (Å²) in [4.78, 5) is 0. The van der Waals surface area contributed by atoms with Gasteiger partial charge in [0, 0.05) is 21.5 Å². The van der Waals surface area contributed by atoms with Crippen LogP contribution in [0.2, 0.25) is 0 Å². The Balaban J connectivity index is 1.19. The molecule has 56 heavy (non-hydrogen) atoms. The Morgan fingerprint density at radius 1 is 0.232 bits per heavy atom. The minimum absolute atomic E-state index is 0.891. The minimum atomic E-state index is 0.891. The van der Waals surface area contributed by atoms with E-state index in [2.05, 4.69) is 170 Å². The lowest BCUT2D eigenvalue weighted by Crippen LogP contribution is -1.93. The molecule has 0 N–H and O–H groups in total. The molecule has 0 fully saturated rings. The number of para-hydroxylation sites is 2. The quantitative estimate of drug-likeness (QED) is 0.170. The van der Waals surface area contributed by atoms with Crippen LogP contribution >= 0.6 is 0 Å². The van der Waals surface area contributed by atoms with Crippen LogP contribution in [0.25, 0.3) is 121 Å². The zero-order valence-corrected chi connectivity index (χ0v) is 30.3. The molecular weight excluding hydrogens is 681 g/mol. The highest BCUT2D eigenvalue weighted by Gasteiger charge is 2.20. The molecule has 12 aromatic rings. The van der Waals surface area contributed by atoms with Crippen molar-refractivity contribution in [2.75, 3.05) is 0 Å². The molecule has 0 bridgehead atoms. The van der Waals surface area contributed by atoms with Crippen LogP contribution in [0.15, 0.2) is 203 Å². The molecule has 260 valence electrons. The molecule has 0 aliphatic rings. The first-order valence-corrected chi connectivity index (χ1v) is 19.2. The molecule has 2 heteroatoms. The van der Waals surface area contributed by atoms with Gasteiger partial charge < -0.3 is 8.83 Å². The average molecular weight is 713 g/mol. The smallest absolute Gasteiger partial charge is 0.136 e. The molecule has 0 saturated carbocycles. The molecule has 12 rings (SSSR count). The van der Waals surface area contributed by atoms with Gasteiger partial charge in [-0.05, 0) is 131 Å². The second-order valence-corrected chi connectivity index (χ2v) is 14.8. The molecule has 0 atom stereocenters. The molecule has 0 radical (unpaired) electrons. The van der Waals surface area contributed by atoms with Crippen molar-refractivity contribution >= 4 is 76.2 Å². The predicted molar refractivity (Wildman–Crippen MR) is 235 cm³/mol. The van der Waals surface area contributed by atoms with Crippen LogP contribution in [-0.2, 0) is 0 Å². The SMILES string of the molecule is c1ccc(-c2cc3ccccc3cc2-c2c3cccc(-c4ccc5c(c4)oc4ccccc45)c3cc3c(-c4ccc5c(c4)oc4ccccc45)cccc23)cc1. The van der Waals surface area contributed by atoms with Crippen LogP contribution in [0.3, 0.4) is 0 Å². The van der Waals surface area contributed by atoms with Crippen molar-refractivity contribution in [1.82, 2.24) is 0 Å². The largest absolute Gasteiger partial charge is 0.456 e. The Labute approximate surface area is 322 Å². The summed E-state index contributed by atoms with van der Waals surface area (Å²) in [5.74, 6) is 0. The van der Waals surface area contributed by atoms with E-state index in [0.717, 1.165) is 66.1 Å². The van der Waals surface area contributed by atoms with Crippen molar-refractivity contribution in [2.45, 2.75) is 0 Å². The summed E-state index contributed by atoms with van der Waals surface area (Å²) < 4.78 is 12.8. The van der Waals surface area contributed by atoms with Gasteiger partial charge in [-0.15, -0.1) is 0 Å². The molecule has 2 nitrogen and oxygen atoms in total. The van der Waals surface area contributed by atoms with Gasteiger partial charge in [0.15, 0.2) is 0 Å². The van der Waals surface area contributed by atoms with E-state index < -0.39 is 0 Å². The van der Waals surface area contributed by atoms with Gasteiger partial charge in [0.25, 0.3) is 0 Å². The van der Waals surface area contributed by atoms with Gasteiger partial charge >= 0.3 is 0 Å². The predicted octanol–water partition coefficient (Wildman–Crippen LogP) is 15.6. The molecule has 2 aromatic heterocycles. The van der Waals surface area contributed by atoms with Crippen LogP contribution < -0.4 is 0 Å². The summed E-state index contributed by atoms with van der Waals surface area (Å²) in [5.41, 5.74) is 13.0. The summed E-state index contributed by atoms with van der Waals surface area (Å²) in [7, 11) is 0. The van der Waals surface area contributed by atoms with E-state index >= 15 is 0 Å². The van der Waals surface area contributed by atoms with Crippen LogP contribution in [0.5, 0.6) is 0 Å². The van der Waals surface area contributed by atoms with Crippen LogP contribution in [-0.4, -0.2) is 0 Å². The molecular formula is C54H32O2. The fourth-order valence-corrected chi connectivity index (χ4v) is 9.05. The van der Waals surface area contributed by atoms with E-state index in [-0.39, 0.29) is 0 Å². The maximum atomic E-state index is 6.42. The Hall–Kier alpha value is -7.42. The number of hydrogen-bond acceptors (Lipinski definition) is 2. The lowest BCUT2D eigenvalue weighted by atomic mass is 9.83. The van der Waals surface area contributed by atoms with Gasteiger partial charge in [-0.3, -0.25) is 0 Å². The van der Waals surface area contributed by atoms with Gasteiger partial charge in [-0.1, -0.05) is 140 Å². The number of hydrogen-bond donors (Lipinski definition) is 0. The fraction of sp³-hybridized carbons (Fsp3) is 0. The summed E-state index contributed by atoms with van der Waals surface area (Å²) in [6.45, 7) is 0. The number of benzene rings is 10. The highest BCUT2D eigenvalue weighted by molar-refractivity contribution is 6.21. The average Bonchev–Trinajstić information content (AvgIpc) is 3.82. The molecule has 0 saturated heterocycles. The summed E-state index contributed by atoms with van der Waals surface area (Å²) >= 11 is 0. The Bertz CT molecular complexity index is 3360. The standard InChI is InChI=1S/C54H32O2/c1-2-12-33(13-3-1)46-28-34-14-4-5-15-35(34)29-49(46)54-44-20-10-18-38(36-24-26-42-40-16-6-8-22-50(40)55-52(42)30-36)47(44)32-48-39(19-11-21-45(48)54)37-25-27-43-41-17-7-9-23-51(41)56-53(43)31-37/h1-32H. The van der Waals surface area contributed by atoms with Crippen molar-refractivity contribution in [3.8, 4) is 44.5 Å². The fourth-order valence-electron chi connectivity index (χ4n) is 9.05. The lowest BCUT2D eigenvalue weighted by molar-refractivity contribution is 0.668. The molecule has 0 aliphatic carbocycles. The van der Waals surface area contributed by atoms with Gasteiger partial charge in [-0.2, -0.15) is 0 Å². The highest BCUT2D eigenvalue weighted by atomic mass is 16.3. The maximum absolute atomic E-state index is 6.42. The zero-order valence-electron chi connectivity index (χ0n) is 30.3. The number of furan rings is 2. The second kappa shape index (κ2) is 12.0. The lowest BCUT2D eigenvalue weighted by Gasteiger charge is -2.20. The van der Waals surface area contributed by atoms with Gasteiger partial charge in [-0.25, -0.2) is 0 Å². The van der Waals surface area contributed by atoms with Crippen molar-refractivity contribution in [1.29, 1.82) is 0 Å². The Kier molecular flexibility index (Phi) is 6.66. The van der Waals surface area contributed by atoms with E-state index in [1.165, 1.54) is 54.6 Å².